The zero-order chi connectivity index (χ0) is 50.1. The first-order valence-corrected chi connectivity index (χ1v) is 28.8. The molecular weight excluding hydrogens is 949 g/mol. The second kappa shape index (κ2) is 15.8. The second-order valence-corrected chi connectivity index (χ2v) is 24.3. The number of nitrogens with zero attached hydrogens (tertiary/aromatic N) is 2. The van der Waals surface area contributed by atoms with Crippen molar-refractivity contribution < 1.29 is 0 Å². The third-order valence-electron chi connectivity index (χ3n) is 19.5. The molecule has 0 N–H and O–H groups in total. The Kier molecular flexibility index (Phi) is 8.75. The minimum absolute atomic E-state index is 0.168. The molecule has 0 atom stereocenters. The van der Waals surface area contributed by atoms with Gasteiger partial charge in [-0.3, -0.25) is 0 Å². The third-order valence-corrected chi connectivity index (χ3v) is 20.7. The van der Waals surface area contributed by atoms with Crippen molar-refractivity contribution in [1.29, 1.82) is 0 Å². The van der Waals surface area contributed by atoms with Gasteiger partial charge in [-0.15, -0.1) is 11.3 Å². The molecule has 11 aromatic carbocycles. The topological polar surface area (TPSA) is 9.86 Å². The van der Waals surface area contributed by atoms with E-state index >= 15 is 0 Å². The van der Waals surface area contributed by atoms with E-state index in [0.29, 0.717) is 0 Å². The van der Waals surface area contributed by atoms with Crippen molar-refractivity contribution in [2.75, 3.05) is 0 Å². The fourth-order valence-corrected chi connectivity index (χ4v) is 17.7. The molecule has 4 bridgehead atoms. The quantitative estimate of drug-likeness (QED) is 0.163. The van der Waals surface area contributed by atoms with Crippen molar-refractivity contribution in [1.82, 2.24) is 9.13 Å². The summed E-state index contributed by atoms with van der Waals surface area (Å²) in [6.45, 7) is 0. The summed E-state index contributed by atoms with van der Waals surface area (Å²) in [7, 11) is 0. The van der Waals surface area contributed by atoms with Crippen LogP contribution in [-0.4, -0.2) is 9.13 Å². The van der Waals surface area contributed by atoms with E-state index in [1.54, 1.807) is 11.1 Å². The first-order chi connectivity index (χ1) is 38.1. The summed E-state index contributed by atoms with van der Waals surface area (Å²) in [6, 6.07) is 88.0. The molecule has 5 aliphatic carbocycles. The lowest BCUT2D eigenvalue weighted by Crippen LogP contribution is -2.55. The van der Waals surface area contributed by atoms with Gasteiger partial charge in [0.1, 0.15) is 0 Å². The fourth-order valence-electron chi connectivity index (χ4n) is 16.6. The molecule has 3 heteroatoms. The Balaban J connectivity index is 0.737. The number of thiophene rings is 1. The molecule has 4 saturated carbocycles. The molecule has 0 aliphatic heterocycles. The number of hydrogen-bond donors (Lipinski definition) is 0. The molecule has 0 amide bonds. The Labute approximate surface area is 451 Å². The van der Waals surface area contributed by atoms with Gasteiger partial charge in [0, 0.05) is 58.2 Å². The van der Waals surface area contributed by atoms with Gasteiger partial charge in [-0.25, -0.2) is 0 Å². The van der Waals surface area contributed by atoms with E-state index in [2.05, 4.69) is 240 Å². The summed E-state index contributed by atoms with van der Waals surface area (Å²) in [5.74, 6) is 3.39. The van der Waals surface area contributed by atoms with Crippen LogP contribution in [0.5, 0.6) is 0 Å². The van der Waals surface area contributed by atoms with Gasteiger partial charge in [-0.2, -0.15) is 0 Å². The van der Waals surface area contributed by atoms with E-state index in [1.807, 2.05) is 11.3 Å². The number of hydrogen-bond acceptors (Lipinski definition) is 1. The maximum Gasteiger partial charge on any atom is 0.0547 e. The molecule has 5 aliphatic rings. The number of aromatic nitrogens is 2. The van der Waals surface area contributed by atoms with Crippen LogP contribution in [0.3, 0.4) is 0 Å². The lowest BCUT2D eigenvalue weighted by atomic mass is 9.43. The molecular formula is C74H52N2S. The van der Waals surface area contributed by atoms with Crippen molar-refractivity contribution in [2.45, 2.75) is 37.5 Å². The summed E-state index contributed by atoms with van der Waals surface area (Å²) in [6.07, 6.45) is 7.09. The maximum absolute atomic E-state index is 2.62. The minimum atomic E-state index is 0.168. The first-order valence-electron chi connectivity index (χ1n) is 28.0. The van der Waals surface area contributed by atoms with E-state index in [4.69, 9.17) is 0 Å². The van der Waals surface area contributed by atoms with Crippen LogP contribution in [0.4, 0.5) is 0 Å². The SMILES string of the molecule is c1ccc2c(c1)-c1ccc(-c3ccc(-c4cccc5c(-n6c7ccccc7c7ccc(-c8ccc9c%10ccccc%10n(-c%10ccc%11c(c%10)sc%10ccccc%10%11)c9c8)cc76)cccc45)cc3)cc1C21C2CC3CC(C2)CC1C3. The molecule has 14 aromatic rings. The van der Waals surface area contributed by atoms with Crippen molar-refractivity contribution in [3.63, 3.8) is 0 Å². The van der Waals surface area contributed by atoms with Gasteiger partial charge >= 0.3 is 0 Å². The van der Waals surface area contributed by atoms with Crippen molar-refractivity contribution in [3.05, 3.63) is 242 Å². The van der Waals surface area contributed by atoms with Crippen LogP contribution in [0.1, 0.15) is 43.2 Å². The van der Waals surface area contributed by atoms with Crippen LogP contribution in [0.15, 0.2) is 231 Å². The predicted octanol–water partition coefficient (Wildman–Crippen LogP) is 20.1. The first kappa shape index (κ1) is 42.7. The van der Waals surface area contributed by atoms with Gasteiger partial charge in [-0.1, -0.05) is 176 Å². The highest BCUT2D eigenvalue weighted by molar-refractivity contribution is 7.25. The zero-order valence-electron chi connectivity index (χ0n) is 42.6. The van der Waals surface area contributed by atoms with Crippen LogP contribution in [0.2, 0.25) is 0 Å². The van der Waals surface area contributed by atoms with Gasteiger partial charge < -0.3 is 9.13 Å². The van der Waals surface area contributed by atoms with Crippen molar-refractivity contribution in [3.8, 4) is 55.9 Å². The van der Waals surface area contributed by atoms with E-state index in [-0.39, 0.29) is 5.41 Å². The average molecular weight is 1000 g/mol. The summed E-state index contributed by atoms with van der Waals surface area (Å²) >= 11 is 1.88. The highest BCUT2D eigenvalue weighted by atomic mass is 32.1. The Morgan fingerprint density at radius 3 is 1.60 bits per heavy atom. The monoisotopic (exact) mass is 1000 g/mol. The number of para-hydroxylation sites is 2. The number of fused-ring (bicyclic) bond motifs is 13. The summed E-state index contributed by atoms with van der Waals surface area (Å²) in [5.41, 5.74) is 21.1. The Bertz CT molecular complexity index is 4800. The van der Waals surface area contributed by atoms with Crippen LogP contribution in [0.25, 0.3) is 130 Å². The predicted molar refractivity (Wildman–Crippen MR) is 325 cm³/mol. The number of benzene rings is 11. The molecule has 0 radical (unpaired) electrons. The molecule has 0 saturated heterocycles. The average Bonchev–Trinajstić information content (AvgIpc) is 4.27. The maximum atomic E-state index is 2.62. The highest BCUT2D eigenvalue weighted by Crippen LogP contribution is 2.69. The molecule has 364 valence electrons. The molecule has 4 fully saturated rings. The summed E-state index contributed by atoms with van der Waals surface area (Å²) < 4.78 is 7.62. The van der Waals surface area contributed by atoms with Gasteiger partial charge in [0.2, 0.25) is 0 Å². The molecule has 1 spiro atoms. The molecule has 2 nitrogen and oxygen atoms in total. The Morgan fingerprint density at radius 2 is 0.831 bits per heavy atom. The van der Waals surface area contributed by atoms with Gasteiger partial charge in [-0.05, 0) is 171 Å². The molecule has 3 aromatic heterocycles. The highest BCUT2D eigenvalue weighted by Gasteiger charge is 2.61. The van der Waals surface area contributed by atoms with E-state index in [1.165, 1.54) is 163 Å². The van der Waals surface area contributed by atoms with E-state index < -0.39 is 0 Å². The van der Waals surface area contributed by atoms with Crippen LogP contribution in [-0.2, 0) is 5.41 Å². The smallest absolute Gasteiger partial charge is 0.0547 e. The fraction of sp³-hybridized carbons (Fsp3) is 0.135. The Morgan fingerprint density at radius 1 is 0.312 bits per heavy atom. The molecule has 0 unspecified atom stereocenters. The normalized spacial score (nSPS) is 20.3. The second-order valence-electron chi connectivity index (χ2n) is 23.2. The Hall–Kier alpha value is -8.50. The lowest BCUT2D eigenvalue weighted by Gasteiger charge is -2.61. The number of rotatable bonds is 5. The van der Waals surface area contributed by atoms with Crippen LogP contribution < -0.4 is 0 Å². The van der Waals surface area contributed by atoms with Crippen LogP contribution in [0, 0.1) is 23.7 Å². The van der Waals surface area contributed by atoms with Crippen molar-refractivity contribution in [2.24, 2.45) is 23.7 Å². The van der Waals surface area contributed by atoms with Crippen molar-refractivity contribution >= 4 is 85.9 Å². The molecule has 19 rings (SSSR count). The van der Waals surface area contributed by atoms with Gasteiger partial charge in [0.25, 0.3) is 0 Å². The van der Waals surface area contributed by atoms with Gasteiger partial charge in [0.05, 0.1) is 27.8 Å². The minimum Gasteiger partial charge on any atom is -0.309 e. The summed E-state index contributed by atoms with van der Waals surface area (Å²) in [4.78, 5) is 0. The summed E-state index contributed by atoms with van der Waals surface area (Å²) in [5, 5.41) is 10.2. The largest absolute Gasteiger partial charge is 0.309 e. The molecule has 77 heavy (non-hydrogen) atoms. The standard InChI is InChI=1S/C74H52N2S/c1-5-18-65-56(11-1)57-31-27-48(40-66(57)74(65)51-36-44-35-45(38-51)39-52(74)37-44)46-23-25-47(26-24-46)54-15-9-17-58-55(54)16-10-21-69(58)76-68-20-7-3-13-60(68)62-33-29-50(42-71(62)76)49-28-32-61-59-12-2-6-19-67(59)75(70(61)41-49)53-30-34-64-63-14-4-8-22-72(63)77-73(64)43-53/h1-34,40-45,51-52H,35-39H2. The lowest BCUT2D eigenvalue weighted by molar-refractivity contribution is -0.0399. The zero-order valence-corrected chi connectivity index (χ0v) is 43.4. The third kappa shape index (κ3) is 5.90. The van der Waals surface area contributed by atoms with E-state index in [0.717, 1.165) is 23.7 Å². The van der Waals surface area contributed by atoms with Crippen LogP contribution >= 0.6 is 11.3 Å². The van der Waals surface area contributed by atoms with Gasteiger partial charge in [0.15, 0.2) is 0 Å². The molecule has 3 heterocycles. The van der Waals surface area contributed by atoms with E-state index in [9.17, 15) is 0 Å².